The van der Waals surface area contributed by atoms with Crippen LogP contribution in [0, 0.1) is 20.8 Å². The van der Waals surface area contributed by atoms with Gasteiger partial charge < -0.3 is 10.2 Å². The van der Waals surface area contributed by atoms with Crippen molar-refractivity contribution >= 4 is 27.5 Å². The van der Waals surface area contributed by atoms with E-state index in [-0.39, 0.29) is 25.0 Å². The zero-order valence-corrected chi connectivity index (χ0v) is 22.2. The fourth-order valence-electron chi connectivity index (χ4n) is 4.55. The topological polar surface area (TPSA) is 86.8 Å². The van der Waals surface area contributed by atoms with Crippen LogP contribution in [0.25, 0.3) is 0 Å². The average molecular weight is 500 g/mol. The van der Waals surface area contributed by atoms with Crippen molar-refractivity contribution in [3.8, 4) is 0 Å². The van der Waals surface area contributed by atoms with Crippen LogP contribution in [0.3, 0.4) is 0 Å². The zero-order chi connectivity index (χ0) is 25.8. The molecule has 0 aliphatic heterocycles. The van der Waals surface area contributed by atoms with Crippen LogP contribution in [-0.2, 0) is 26.2 Å². The van der Waals surface area contributed by atoms with Gasteiger partial charge in [0.1, 0.15) is 12.6 Å². The molecule has 35 heavy (non-hydrogen) atoms. The third-order valence-electron chi connectivity index (χ3n) is 6.99. The molecule has 7 nitrogen and oxygen atoms in total. The van der Waals surface area contributed by atoms with Crippen molar-refractivity contribution in [1.82, 2.24) is 10.2 Å². The summed E-state index contributed by atoms with van der Waals surface area (Å²) in [5, 5.41) is 3.08. The van der Waals surface area contributed by atoms with Gasteiger partial charge >= 0.3 is 0 Å². The maximum atomic E-state index is 13.7. The lowest BCUT2D eigenvalue weighted by Gasteiger charge is -2.33. The SMILES string of the molecule is Cc1ccccc1CN(C(=O)CN(c1cccc(C)c1C)S(C)(=O)=O)C(C)C(=O)NC1CCCC1. The van der Waals surface area contributed by atoms with Gasteiger partial charge in [0.15, 0.2) is 0 Å². The third-order valence-corrected chi connectivity index (χ3v) is 8.12. The summed E-state index contributed by atoms with van der Waals surface area (Å²) in [7, 11) is -3.75. The number of aryl methyl sites for hydroxylation is 2. The summed E-state index contributed by atoms with van der Waals surface area (Å²) in [5.74, 6) is -0.634. The quantitative estimate of drug-likeness (QED) is 0.568. The van der Waals surface area contributed by atoms with Gasteiger partial charge in [0, 0.05) is 12.6 Å². The predicted molar refractivity (Wildman–Crippen MR) is 140 cm³/mol. The van der Waals surface area contributed by atoms with Crippen molar-refractivity contribution in [2.75, 3.05) is 17.1 Å². The molecule has 8 heteroatoms. The van der Waals surface area contributed by atoms with E-state index in [1.54, 1.807) is 19.1 Å². The molecule has 0 bridgehead atoms. The molecule has 1 fully saturated rings. The minimum absolute atomic E-state index is 0.128. The minimum atomic E-state index is -3.75. The van der Waals surface area contributed by atoms with Crippen molar-refractivity contribution in [2.24, 2.45) is 0 Å². The Hall–Kier alpha value is -2.87. The average Bonchev–Trinajstić information content (AvgIpc) is 3.30. The Morgan fingerprint density at radius 3 is 2.26 bits per heavy atom. The molecule has 1 aliphatic rings. The number of hydrogen-bond donors (Lipinski definition) is 1. The Morgan fingerprint density at radius 1 is 1.00 bits per heavy atom. The van der Waals surface area contributed by atoms with Gasteiger partial charge in [0.05, 0.1) is 11.9 Å². The maximum Gasteiger partial charge on any atom is 0.244 e. The molecule has 190 valence electrons. The molecule has 2 aromatic carbocycles. The lowest BCUT2D eigenvalue weighted by molar-refractivity contribution is -0.139. The molecule has 2 aromatic rings. The lowest BCUT2D eigenvalue weighted by Crippen LogP contribution is -2.52. The number of anilines is 1. The molecule has 0 heterocycles. The van der Waals surface area contributed by atoms with E-state index < -0.39 is 22.0 Å². The summed E-state index contributed by atoms with van der Waals surface area (Å²) in [4.78, 5) is 28.3. The summed E-state index contributed by atoms with van der Waals surface area (Å²) in [6, 6.07) is 12.5. The van der Waals surface area contributed by atoms with E-state index in [1.165, 1.54) is 4.90 Å². The van der Waals surface area contributed by atoms with Crippen molar-refractivity contribution in [3.05, 3.63) is 64.7 Å². The second kappa shape index (κ2) is 11.2. The van der Waals surface area contributed by atoms with Crippen LogP contribution >= 0.6 is 0 Å². The highest BCUT2D eigenvalue weighted by molar-refractivity contribution is 7.92. The smallest absolute Gasteiger partial charge is 0.244 e. The molecule has 3 rings (SSSR count). The van der Waals surface area contributed by atoms with E-state index in [1.807, 2.05) is 51.1 Å². The fraction of sp³-hybridized carbons (Fsp3) is 0.481. The summed E-state index contributed by atoms with van der Waals surface area (Å²) < 4.78 is 26.7. The molecule has 1 unspecified atom stereocenters. The third kappa shape index (κ3) is 6.63. The van der Waals surface area contributed by atoms with Crippen LogP contribution in [-0.4, -0.2) is 50.0 Å². The highest BCUT2D eigenvalue weighted by Gasteiger charge is 2.32. The van der Waals surface area contributed by atoms with Crippen LogP contribution in [0.15, 0.2) is 42.5 Å². The first kappa shape index (κ1) is 26.7. The van der Waals surface area contributed by atoms with Gasteiger partial charge in [0.2, 0.25) is 21.8 Å². The molecule has 0 saturated heterocycles. The fourth-order valence-corrected chi connectivity index (χ4v) is 5.45. The van der Waals surface area contributed by atoms with Gasteiger partial charge in [0.25, 0.3) is 0 Å². The van der Waals surface area contributed by atoms with Gasteiger partial charge in [-0.3, -0.25) is 13.9 Å². The van der Waals surface area contributed by atoms with E-state index >= 15 is 0 Å². The molecule has 1 atom stereocenters. The van der Waals surface area contributed by atoms with Crippen molar-refractivity contribution in [2.45, 2.75) is 72.0 Å². The Labute approximate surface area is 209 Å². The van der Waals surface area contributed by atoms with E-state index in [4.69, 9.17) is 0 Å². The second-order valence-corrected chi connectivity index (χ2v) is 11.5. The largest absolute Gasteiger partial charge is 0.352 e. The van der Waals surface area contributed by atoms with Gasteiger partial charge in [-0.15, -0.1) is 0 Å². The summed E-state index contributed by atoms with van der Waals surface area (Å²) in [5.41, 5.74) is 4.12. The number of nitrogens with zero attached hydrogens (tertiary/aromatic N) is 2. The van der Waals surface area contributed by atoms with E-state index in [2.05, 4.69) is 5.32 Å². The second-order valence-electron chi connectivity index (χ2n) is 9.60. The van der Waals surface area contributed by atoms with E-state index in [0.29, 0.717) is 5.69 Å². The number of benzene rings is 2. The van der Waals surface area contributed by atoms with Crippen molar-refractivity contribution in [3.63, 3.8) is 0 Å². The van der Waals surface area contributed by atoms with Crippen molar-refractivity contribution in [1.29, 1.82) is 0 Å². The van der Waals surface area contributed by atoms with Crippen LogP contribution in [0.4, 0.5) is 5.69 Å². The Kier molecular flexibility index (Phi) is 8.59. The predicted octanol–water partition coefficient (Wildman–Crippen LogP) is 3.85. The van der Waals surface area contributed by atoms with Gasteiger partial charge in [-0.25, -0.2) is 8.42 Å². The first-order valence-corrected chi connectivity index (χ1v) is 14.0. The van der Waals surface area contributed by atoms with Crippen LogP contribution < -0.4 is 9.62 Å². The molecular weight excluding hydrogens is 462 g/mol. The summed E-state index contributed by atoms with van der Waals surface area (Å²) in [6.45, 7) is 7.26. The van der Waals surface area contributed by atoms with Crippen LogP contribution in [0.5, 0.6) is 0 Å². The lowest BCUT2D eigenvalue weighted by atomic mass is 10.1. The first-order valence-electron chi connectivity index (χ1n) is 12.2. The number of nitrogens with one attached hydrogen (secondary N) is 1. The normalized spacial score (nSPS) is 15.0. The Morgan fingerprint density at radius 2 is 1.63 bits per heavy atom. The van der Waals surface area contributed by atoms with Crippen LogP contribution in [0.1, 0.15) is 54.9 Å². The van der Waals surface area contributed by atoms with E-state index in [9.17, 15) is 18.0 Å². The first-order chi connectivity index (χ1) is 16.5. The number of carbonyl (C=O) groups excluding carboxylic acids is 2. The number of hydrogen-bond acceptors (Lipinski definition) is 4. The Bertz CT molecular complexity index is 1170. The molecule has 1 saturated carbocycles. The van der Waals surface area contributed by atoms with E-state index in [0.717, 1.165) is 58.5 Å². The molecule has 2 amide bonds. The summed E-state index contributed by atoms with van der Waals surface area (Å²) in [6.07, 6.45) is 5.16. The number of rotatable bonds is 9. The molecule has 0 radical (unpaired) electrons. The summed E-state index contributed by atoms with van der Waals surface area (Å²) >= 11 is 0. The van der Waals surface area contributed by atoms with Crippen LogP contribution in [0.2, 0.25) is 0 Å². The minimum Gasteiger partial charge on any atom is -0.352 e. The highest BCUT2D eigenvalue weighted by Crippen LogP contribution is 2.26. The van der Waals surface area contributed by atoms with Gasteiger partial charge in [-0.1, -0.05) is 49.2 Å². The van der Waals surface area contributed by atoms with Gasteiger partial charge in [-0.05, 0) is 68.9 Å². The number of amides is 2. The Balaban J connectivity index is 1.92. The molecule has 1 aliphatic carbocycles. The molecule has 0 spiro atoms. The zero-order valence-electron chi connectivity index (χ0n) is 21.4. The van der Waals surface area contributed by atoms with Crippen molar-refractivity contribution < 1.29 is 18.0 Å². The number of carbonyl (C=O) groups is 2. The standard InChI is InChI=1S/C27H37N3O4S/c1-19-12-10-16-25(21(19)3)30(35(5,33)34)18-26(31)29(17-23-13-7-6-11-20(23)2)22(4)27(32)28-24-14-8-9-15-24/h6-7,10-13,16,22,24H,8-9,14-15,17-18H2,1-5H3,(H,28,32). The highest BCUT2D eigenvalue weighted by atomic mass is 32.2. The van der Waals surface area contributed by atoms with Gasteiger partial charge in [-0.2, -0.15) is 0 Å². The monoisotopic (exact) mass is 499 g/mol. The number of sulfonamides is 1. The molecular formula is C27H37N3O4S. The maximum absolute atomic E-state index is 13.7. The molecule has 1 N–H and O–H groups in total. The molecule has 0 aromatic heterocycles.